The highest BCUT2D eigenvalue weighted by atomic mass is 19.4. The molecule has 146 valence electrons. The number of aldehydes is 1. The molecule has 0 heterocycles. The molecule has 1 aliphatic rings. The number of hydrogen-bond donors (Lipinski definition) is 2. The summed E-state index contributed by atoms with van der Waals surface area (Å²) in [6.45, 7) is 6.69. The van der Waals surface area contributed by atoms with Crippen LogP contribution in [0.25, 0.3) is 0 Å². The Bertz CT molecular complexity index is 614. The first-order chi connectivity index (χ1) is 12.0. The number of carbonyl (C=O) groups excluding carboxylic acids is 1. The Labute approximate surface area is 153 Å². The molecule has 0 bridgehead atoms. The van der Waals surface area contributed by atoms with E-state index in [1.165, 1.54) is 6.07 Å². The maximum atomic E-state index is 13.0. The minimum atomic E-state index is -4.42. The fourth-order valence-electron chi connectivity index (χ4n) is 3.85. The van der Waals surface area contributed by atoms with E-state index in [0.717, 1.165) is 37.8 Å². The van der Waals surface area contributed by atoms with Crippen LogP contribution in [0.3, 0.4) is 0 Å². The van der Waals surface area contributed by atoms with Gasteiger partial charge in [0.05, 0.1) is 17.3 Å². The fourth-order valence-corrected chi connectivity index (χ4v) is 3.85. The summed E-state index contributed by atoms with van der Waals surface area (Å²) in [5.74, 6) is 0.592. The smallest absolute Gasteiger partial charge is 0.302 e. The van der Waals surface area contributed by atoms with Gasteiger partial charge in [-0.25, -0.2) is 0 Å². The molecule has 0 aromatic heterocycles. The van der Waals surface area contributed by atoms with Crippen LogP contribution in [0.5, 0.6) is 0 Å². The van der Waals surface area contributed by atoms with Gasteiger partial charge in [0, 0.05) is 0 Å². The van der Waals surface area contributed by atoms with Gasteiger partial charge in [0.25, 0.3) is 0 Å². The monoisotopic (exact) mass is 370 g/mol. The van der Waals surface area contributed by atoms with Crippen LogP contribution in [0.15, 0.2) is 24.3 Å². The fraction of sp³-hybridized carbons (Fsp3) is 0.650. The molecule has 1 fully saturated rings. The molecule has 2 N–H and O–H groups in total. The summed E-state index contributed by atoms with van der Waals surface area (Å²) in [6.07, 6.45) is -0.0696. The molecule has 0 spiro atoms. The lowest BCUT2D eigenvalue weighted by Gasteiger charge is -2.45. The van der Waals surface area contributed by atoms with E-state index in [0.29, 0.717) is 17.8 Å². The highest BCUT2D eigenvalue weighted by Crippen LogP contribution is 2.41. The van der Waals surface area contributed by atoms with Crippen molar-refractivity contribution in [2.24, 2.45) is 11.3 Å². The minimum Gasteiger partial charge on any atom is -0.302 e. The number of carbonyl (C=O) groups is 1. The van der Waals surface area contributed by atoms with Crippen molar-refractivity contribution >= 4 is 6.29 Å². The molecule has 3 nitrogen and oxygen atoms in total. The lowest BCUT2D eigenvalue weighted by atomic mass is 9.69. The highest BCUT2D eigenvalue weighted by Gasteiger charge is 2.39. The Balaban J connectivity index is 2.17. The van der Waals surface area contributed by atoms with Crippen LogP contribution in [0.2, 0.25) is 0 Å². The third-order valence-electron chi connectivity index (χ3n) is 5.68. The van der Waals surface area contributed by atoms with Crippen molar-refractivity contribution in [3.05, 3.63) is 35.4 Å². The van der Waals surface area contributed by atoms with Crippen LogP contribution >= 0.6 is 0 Å². The number of rotatable bonds is 5. The standard InChI is InChI=1S/C20H29F3N2O/c1-18(2,3)15-8-10-19(24-4,11-9-15)25-17(13-26)14-6-5-7-16(12-14)20(21,22)23/h5-7,12-13,15,17,24-25H,8-11H2,1-4H3. The van der Waals surface area contributed by atoms with Crippen molar-refractivity contribution in [2.45, 2.75) is 64.3 Å². The Morgan fingerprint density at radius 2 is 1.81 bits per heavy atom. The second-order valence-corrected chi connectivity index (χ2v) is 8.35. The van der Waals surface area contributed by atoms with E-state index < -0.39 is 23.4 Å². The first-order valence-corrected chi connectivity index (χ1v) is 9.10. The van der Waals surface area contributed by atoms with Gasteiger partial charge in [-0.3, -0.25) is 5.32 Å². The van der Waals surface area contributed by atoms with Crippen molar-refractivity contribution in [3.63, 3.8) is 0 Å². The summed E-state index contributed by atoms with van der Waals surface area (Å²) in [4.78, 5) is 11.7. The van der Waals surface area contributed by atoms with E-state index in [2.05, 4.69) is 31.4 Å². The lowest BCUT2D eigenvalue weighted by Crippen LogP contribution is -2.59. The van der Waals surface area contributed by atoms with Gasteiger partial charge >= 0.3 is 6.18 Å². The number of benzene rings is 1. The van der Waals surface area contributed by atoms with Crippen LogP contribution in [-0.4, -0.2) is 19.0 Å². The molecule has 1 atom stereocenters. The predicted octanol–water partition coefficient (Wildman–Crippen LogP) is 4.69. The van der Waals surface area contributed by atoms with Gasteiger partial charge in [-0.1, -0.05) is 32.9 Å². The topological polar surface area (TPSA) is 41.1 Å². The molecule has 1 aromatic carbocycles. The second-order valence-electron chi connectivity index (χ2n) is 8.35. The minimum absolute atomic E-state index is 0.227. The molecule has 0 radical (unpaired) electrons. The average molecular weight is 370 g/mol. The van der Waals surface area contributed by atoms with Crippen molar-refractivity contribution in [1.29, 1.82) is 0 Å². The largest absolute Gasteiger partial charge is 0.416 e. The maximum Gasteiger partial charge on any atom is 0.416 e. The summed E-state index contributed by atoms with van der Waals surface area (Å²) in [6, 6.07) is 4.20. The van der Waals surface area contributed by atoms with Gasteiger partial charge in [-0.2, -0.15) is 13.2 Å². The SMILES string of the molecule is CNC1(NC(C=O)c2cccc(C(F)(F)F)c2)CCC(C(C)(C)C)CC1. The Morgan fingerprint density at radius 3 is 2.27 bits per heavy atom. The molecule has 0 saturated heterocycles. The summed E-state index contributed by atoms with van der Waals surface area (Å²) in [5, 5.41) is 6.57. The molecule has 1 saturated carbocycles. The van der Waals surface area contributed by atoms with Crippen molar-refractivity contribution in [2.75, 3.05) is 7.05 Å². The Kier molecular flexibility index (Phi) is 6.18. The van der Waals surface area contributed by atoms with Gasteiger partial charge in [-0.05, 0) is 61.8 Å². The van der Waals surface area contributed by atoms with E-state index in [1.807, 2.05) is 7.05 Å². The molecule has 26 heavy (non-hydrogen) atoms. The number of alkyl halides is 3. The van der Waals surface area contributed by atoms with E-state index in [-0.39, 0.29) is 5.41 Å². The average Bonchev–Trinajstić information content (AvgIpc) is 2.58. The number of nitrogens with one attached hydrogen (secondary N) is 2. The van der Waals surface area contributed by atoms with Crippen molar-refractivity contribution in [3.8, 4) is 0 Å². The quantitative estimate of drug-likeness (QED) is 0.584. The van der Waals surface area contributed by atoms with E-state index in [4.69, 9.17) is 0 Å². The van der Waals surface area contributed by atoms with E-state index in [1.54, 1.807) is 6.07 Å². The number of halogens is 3. The molecule has 2 rings (SSSR count). The number of hydrogen-bond acceptors (Lipinski definition) is 3. The lowest BCUT2D eigenvalue weighted by molar-refractivity contribution is -0.137. The summed E-state index contributed by atoms with van der Waals surface area (Å²) >= 11 is 0. The second kappa shape index (κ2) is 7.69. The van der Waals surface area contributed by atoms with Crippen LogP contribution in [0.1, 0.15) is 63.6 Å². The summed E-state index contributed by atoms with van der Waals surface area (Å²) in [5.41, 5.74) is -0.618. The van der Waals surface area contributed by atoms with Crippen molar-refractivity contribution in [1.82, 2.24) is 10.6 Å². The molecule has 1 aliphatic carbocycles. The van der Waals surface area contributed by atoms with E-state index in [9.17, 15) is 18.0 Å². The third kappa shape index (κ3) is 4.86. The molecule has 0 amide bonds. The Hall–Kier alpha value is -1.40. The van der Waals surface area contributed by atoms with Gasteiger partial charge in [0.2, 0.25) is 0 Å². The predicted molar refractivity (Wildman–Crippen MR) is 96.6 cm³/mol. The molecular weight excluding hydrogens is 341 g/mol. The van der Waals surface area contributed by atoms with Crippen LogP contribution in [0, 0.1) is 11.3 Å². The molecule has 1 aromatic rings. The van der Waals surface area contributed by atoms with Gasteiger partial charge in [-0.15, -0.1) is 0 Å². The zero-order chi connectivity index (χ0) is 19.6. The zero-order valence-corrected chi connectivity index (χ0v) is 15.9. The molecule has 0 aliphatic heterocycles. The molecular formula is C20H29F3N2O. The first kappa shape index (κ1) is 20.9. The first-order valence-electron chi connectivity index (χ1n) is 9.10. The maximum absolute atomic E-state index is 13.0. The van der Waals surface area contributed by atoms with Crippen LogP contribution < -0.4 is 10.6 Å². The van der Waals surface area contributed by atoms with Crippen LogP contribution in [0.4, 0.5) is 13.2 Å². The van der Waals surface area contributed by atoms with Crippen molar-refractivity contribution < 1.29 is 18.0 Å². The normalized spacial score (nSPS) is 25.7. The van der Waals surface area contributed by atoms with Gasteiger partial charge in [0.1, 0.15) is 6.29 Å². The van der Waals surface area contributed by atoms with Gasteiger partial charge in [0.15, 0.2) is 0 Å². The van der Waals surface area contributed by atoms with Gasteiger partial charge < -0.3 is 10.1 Å². The molecule has 6 heteroatoms. The Morgan fingerprint density at radius 1 is 1.19 bits per heavy atom. The highest BCUT2D eigenvalue weighted by molar-refractivity contribution is 5.62. The van der Waals surface area contributed by atoms with Crippen LogP contribution in [-0.2, 0) is 11.0 Å². The molecule has 1 unspecified atom stereocenters. The third-order valence-corrected chi connectivity index (χ3v) is 5.68. The zero-order valence-electron chi connectivity index (χ0n) is 15.9. The summed E-state index contributed by atoms with van der Waals surface area (Å²) < 4.78 is 38.9. The van der Waals surface area contributed by atoms with E-state index >= 15 is 0 Å². The summed E-state index contributed by atoms with van der Waals surface area (Å²) in [7, 11) is 1.83.